The Morgan fingerprint density at radius 3 is 1.82 bits per heavy atom. The summed E-state index contributed by atoms with van der Waals surface area (Å²) in [5.41, 5.74) is -1.15. The summed E-state index contributed by atoms with van der Waals surface area (Å²) in [5.74, 6) is 0. The highest BCUT2D eigenvalue weighted by molar-refractivity contribution is 7.91. The van der Waals surface area contributed by atoms with Crippen LogP contribution in [0, 0.1) is 0 Å². The molecule has 0 amide bonds. The molecule has 0 saturated carbocycles. The van der Waals surface area contributed by atoms with Crippen molar-refractivity contribution in [2.75, 3.05) is 0 Å². The Hall–Kier alpha value is -1.65. The van der Waals surface area contributed by atoms with E-state index in [0.29, 0.717) is 5.56 Å². The van der Waals surface area contributed by atoms with E-state index in [1.807, 2.05) is 0 Å². The van der Waals surface area contributed by atoms with Crippen LogP contribution in [0.1, 0.15) is 11.0 Å². The molecule has 3 nitrogen and oxygen atoms in total. The summed E-state index contributed by atoms with van der Waals surface area (Å²) in [4.78, 5) is 0.122. The van der Waals surface area contributed by atoms with E-state index in [1.165, 1.54) is 12.1 Å². The number of hydrogen-bond acceptors (Lipinski definition) is 3. The van der Waals surface area contributed by atoms with Crippen LogP contribution in [0.2, 0.25) is 0 Å². The highest BCUT2D eigenvalue weighted by Gasteiger charge is 2.26. The Kier molecular flexibility index (Phi) is 3.26. The molecule has 2 aromatic carbocycles. The second-order valence-electron chi connectivity index (χ2n) is 3.62. The summed E-state index contributed by atoms with van der Waals surface area (Å²) in [7, 11) is -3.74. The number of hydrogen-bond donors (Lipinski definition) is 1. The molecule has 0 heterocycles. The second kappa shape index (κ2) is 4.69. The molecule has 2 rings (SSSR count). The molecule has 17 heavy (non-hydrogen) atoms. The first-order chi connectivity index (χ1) is 8.12. The first kappa shape index (κ1) is 11.8. The topological polar surface area (TPSA) is 54.4 Å². The quantitative estimate of drug-likeness (QED) is 0.905. The molecular weight excluding hydrogens is 236 g/mol. The zero-order chi connectivity index (χ0) is 12.3. The molecule has 4 heteroatoms. The van der Waals surface area contributed by atoms with Crippen LogP contribution in [0.3, 0.4) is 0 Å². The van der Waals surface area contributed by atoms with Crippen molar-refractivity contribution in [2.24, 2.45) is 0 Å². The SMILES string of the molecule is O=S(=O)(c1ccccc1)C(O)c1ccccc1. The number of aliphatic hydroxyl groups excluding tert-OH is 1. The van der Waals surface area contributed by atoms with Gasteiger partial charge in [0.25, 0.3) is 0 Å². The number of aliphatic hydroxyl groups is 1. The fourth-order valence-electron chi connectivity index (χ4n) is 1.54. The fraction of sp³-hybridized carbons (Fsp3) is 0.0769. The summed E-state index contributed by atoms with van der Waals surface area (Å²) < 4.78 is 24.2. The molecule has 0 saturated heterocycles. The van der Waals surface area contributed by atoms with Crippen molar-refractivity contribution in [3.63, 3.8) is 0 Å². The molecule has 0 fully saturated rings. The van der Waals surface area contributed by atoms with Gasteiger partial charge in [-0.05, 0) is 17.7 Å². The largest absolute Gasteiger partial charge is 0.373 e. The smallest absolute Gasteiger partial charge is 0.209 e. The van der Waals surface area contributed by atoms with E-state index in [4.69, 9.17) is 0 Å². The van der Waals surface area contributed by atoms with Gasteiger partial charge in [0.15, 0.2) is 5.44 Å². The highest BCUT2D eigenvalue weighted by atomic mass is 32.2. The third-order valence-electron chi connectivity index (χ3n) is 2.45. The lowest BCUT2D eigenvalue weighted by Gasteiger charge is -2.12. The van der Waals surface area contributed by atoms with Crippen LogP contribution in [0.15, 0.2) is 65.6 Å². The minimum atomic E-state index is -3.74. The van der Waals surface area contributed by atoms with E-state index in [9.17, 15) is 13.5 Å². The van der Waals surface area contributed by atoms with Gasteiger partial charge in [-0.2, -0.15) is 0 Å². The third-order valence-corrected chi connectivity index (χ3v) is 4.24. The Bertz CT molecular complexity index is 577. The first-order valence-corrected chi connectivity index (χ1v) is 6.69. The molecule has 2 aromatic rings. The highest BCUT2D eigenvalue weighted by Crippen LogP contribution is 2.25. The molecule has 88 valence electrons. The fourth-order valence-corrected chi connectivity index (χ4v) is 2.85. The standard InChI is InChI=1S/C13H12O3S/c14-13(11-7-3-1-4-8-11)17(15,16)12-9-5-2-6-10-12/h1-10,13-14H. The monoisotopic (exact) mass is 248 g/mol. The molecular formula is C13H12O3S. The van der Waals surface area contributed by atoms with Crippen LogP contribution in [-0.2, 0) is 9.84 Å². The van der Waals surface area contributed by atoms with Crippen LogP contribution >= 0.6 is 0 Å². The molecule has 0 aliphatic heterocycles. The molecule has 1 unspecified atom stereocenters. The van der Waals surface area contributed by atoms with Crippen molar-refractivity contribution < 1.29 is 13.5 Å². The van der Waals surface area contributed by atoms with Gasteiger partial charge in [0.05, 0.1) is 4.90 Å². The van der Waals surface area contributed by atoms with Crippen molar-refractivity contribution in [2.45, 2.75) is 10.3 Å². The summed E-state index contributed by atoms with van der Waals surface area (Å²) in [6.45, 7) is 0. The Labute approximate surface area is 100 Å². The average Bonchev–Trinajstić information content (AvgIpc) is 2.40. The zero-order valence-electron chi connectivity index (χ0n) is 9.02. The molecule has 0 aromatic heterocycles. The van der Waals surface area contributed by atoms with E-state index in [2.05, 4.69) is 0 Å². The summed E-state index contributed by atoms with van der Waals surface area (Å²) in [6, 6.07) is 16.3. The molecule has 0 radical (unpaired) electrons. The maximum atomic E-state index is 12.1. The van der Waals surface area contributed by atoms with Gasteiger partial charge in [0.1, 0.15) is 0 Å². The van der Waals surface area contributed by atoms with Gasteiger partial charge in [0, 0.05) is 0 Å². The lowest BCUT2D eigenvalue weighted by atomic mass is 10.2. The first-order valence-electron chi connectivity index (χ1n) is 5.14. The van der Waals surface area contributed by atoms with Crippen molar-refractivity contribution in [3.8, 4) is 0 Å². The maximum Gasteiger partial charge on any atom is 0.209 e. The van der Waals surface area contributed by atoms with E-state index in [1.54, 1.807) is 48.5 Å². The molecule has 1 atom stereocenters. The lowest BCUT2D eigenvalue weighted by molar-refractivity contribution is 0.254. The van der Waals surface area contributed by atoms with Crippen LogP contribution < -0.4 is 0 Å². The number of sulfone groups is 1. The average molecular weight is 248 g/mol. The van der Waals surface area contributed by atoms with Crippen molar-refractivity contribution in [1.82, 2.24) is 0 Å². The zero-order valence-corrected chi connectivity index (χ0v) is 9.84. The molecule has 0 bridgehead atoms. The Morgan fingerprint density at radius 1 is 0.824 bits per heavy atom. The van der Waals surface area contributed by atoms with Gasteiger partial charge in [-0.25, -0.2) is 8.42 Å². The normalized spacial score (nSPS) is 13.2. The Morgan fingerprint density at radius 2 is 1.29 bits per heavy atom. The molecule has 0 spiro atoms. The predicted octanol–water partition coefficient (Wildman–Crippen LogP) is 2.15. The van der Waals surface area contributed by atoms with Crippen molar-refractivity contribution >= 4 is 9.84 Å². The molecule has 1 N–H and O–H groups in total. The second-order valence-corrected chi connectivity index (χ2v) is 5.63. The van der Waals surface area contributed by atoms with Gasteiger partial charge < -0.3 is 5.11 Å². The minimum absolute atomic E-state index is 0.122. The van der Waals surface area contributed by atoms with Gasteiger partial charge in [-0.15, -0.1) is 0 Å². The summed E-state index contributed by atoms with van der Waals surface area (Å²) >= 11 is 0. The van der Waals surface area contributed by atoms with Gasteiger partial charge in [-0.1, -0.05) is 48.5 Å². The summed E-state index contributed by atoms with van der Waals surface area (Å²) in [6.07, 6.45) is 0. The summed E-state index contributed by atoms with van der Waals surface area (Å²) in [5, 5.41) is 9.91. The number of benzene rings is 2. The van der Waals surface area contributed by atoms with Crippen molar-refractivity contribution in [1.29, 1.82) is 0 Å². The van der Waals surface area contributed by atoms with Gasteiger partial charge >= 0.3 is 0 Å². The lowest BCUT2D eigenvalue weighted by Crippen LogP contribution is -2.12. The van der Waals surface area contributed by atoms with Crippen LogP contribution in [0.4, 0.5) is 0 Å². The maximum absolute atomic E-state index is 12.1. The van der Waals surface area contributed by atoms with E-state index < -0.39 is 15.3 Å². The predicted molar refractivity (Wildman–Crippen MR) is 65.0 cm³/mol. The van der Waals surface area contributed by atoms with E-state index >= 15 is 0 Å². The van der Waals surface area contributed by atoms with E-state index in [0.717, 1.165) is 0 Å². The van der Waals surface area contributed by atoms with E-state index in [-0.39, 0.29) is 4.90 Å². The van der Waals surface area contributed by atoms with Gasteiger partial charge in [-0.3, -0.25) is 0 Å². The van der Waals surface area contributed by atoms with Crippen LogP contribution in [-0.4, -0.2) is 13.5 Å². The minimum Gasteiger partial charge on any atom is -0.373 e. The van der Waals surface area contributed by atoms with Gasteiger partial charge in [0.2, 0.25) is 9.84 Å². The molecule has 0 aliphatic rings. The Balaban J connectivity index is 2.41. The molecule has 0 aliphatic carbocycles. The number of rotatable bonds is 3. The van der Waals surface area contributed by atoms with Crippen LogP contribution in [0.25, 0.3) is 0 Å². The third kappa shape index (κ3) is 2.38. The van der Waals surface area contributed by atoms with Crippen LogP contribution in [0.5, 0.6) is 0 Å². The van der Waals surface area contributed by atoms with Crippen molar-refractivity contribution in [3.05, 3.63) is 66.2 Å².